The molecule has 0 bridgehead atoms. The molecule has 1 fully saturated rings. The molecule has 0 aliphatic carbocycles. The minimum atomic E-state index is -1.15. The van der Waals surface area contributed by atoms with E-state index < -0.39 is 5.97 Å². The van der Waals surface area contributed by atoms with E-state index in [9.17, 15) is 9.90 Å². The molecule has 4 heteroatoms. The van der Waals surface area contributed by atoms with Crippen molar-refractivity contribution in [2.45, 2.75) is 76.9 Å². The Morgan fingerprint density at radius 1 is 1.04 bits per heavy atom. The second-order valence-corrected chi connectivity index (χ2v) is 6.97. The predicted molar refractivity (Wildman–Crippen MR) is 104 cm³/mol. The first-order valence-electron chi connectivity index (χ1n) is 10.0. The van der Waals surface area contributed by atoms with Gasteiger partial charge in [-0.15, -0.1) is 0 Å². The van der Waals surface area contributed by atoms with Crippen molar-refractivity contribution in [3.8, 4) is 0 Å². The maximum atomic E-state index is 11.1. The number of epoxide rings is 1. The van der Waals surface area contributed by atoms with Crippen LogP contribution in [0.25, 0.3) is 0 Å². The smallest absolute Gasteiger partial charge is 0.545 e. The van der Waals surface area contributed by atoms with Gasteiger partial charge in [0.25, 0.3) is 0 Å². The number of benzene rings is 1. The average Bonchev–Trinajstić information content (AvgIpc) is 3.42. The molecule has 2 atom stereocenters. The molecular formula is C23H31LiO3. The number of aromatic carboxylic acids is 1. The second kappa shape index (κ2) is 13.8. The number of carboxylic acid groups (broad SMARTS) is 1. The van der Waals surface area contributed by atoms with Gasteiger partial charge in [-0.25, -0.2) is 0 Å². The Morgan fingerprint density at radius 3 is 2.41 bits per heavy atom. The van der Waals surface area contributed by atoms with E-state index in [1.54, 1.807) is 18.2 Å². The van der Waals surface area contributed by atoms with E-state index in [2.05, 4.69) is 19.1 Å². The van der Waals surface area contributed by atoms with Gasteiger partial charge in [0.15, 0.2) is 0 Å². The number of unbranched alkanes of at least 4 members (excludes halogenated alkanes) is 8. The zero-order chi connectivity index (χ0) is 18.6. The first kappa shape index (κ1) is 23.8. The van der Waals surface area contributed by atoms with Crippen LogP contribution in [-0.2, 0) is 4.74 Å². The van der Waals surface area contributed by atoms with Gasteiger partial charge in [-0.05, 0) is 18.4 Å². The fourth-order valence-corrected chi connectivity index (χ4v) is 3.20. The molecule has 0 spiro atoms. The molecule has 0 amide bonds. The fourth-order valence-electron chi connectivity index (χ4n) is 3.20. The number of hydrogen-bond donors (Lipinski definition) is 0. The van der Waals surface area contributed by atoms with Gasteiger partial charge >= 0.3 is 18.9 Å². The van der Waals surface area contributed by atoms with Crippen LogP contribution in [0.1, 0.15) is 86.7 Å². The molecule has 142 valence electrons. The van der Waals surface area contributed by atoms with Crippen molar-refractivity contribution in [2.24, 2.45) is 0 Å². The molecule has 27 heavy (non-hydrogen) atoms. The van der Waals surface area contributed by atoms with Crippen LogP contribution < -0.4 is 24.0 Å². The van der Waals surface area contributed by atoms with Crippen LogP contribution in [0, 0.1) is 0 Å². The topological polar surface area (TPSA) is 52.7 Å². The maximum absolute atomic E-state index is 11.1. The summed E-state index contributed by atoms with van der Waals surface area (Å²) in [4.78, 5) is 11.1. The van der Waals surface area contributed by atoms with E-state index >= 15 is 0 Å². The van der Waals surface area contributed by atoms with Crippen LogP contribution >= 0.6 is 0 Å². The zero-order valence-electron chi connectivity index (χ0n) is 16.9. The van der Waals surface area contributed by atoms with Crippen LogP contribution in [0.2, 0.25) is 0 Å². The van der Waals surface area contributed by atoms with Crippen molar-refractivity contribution in [1.82, 2.24) is 0 Å². The number of carboxylic acids is 1. The molecule has 2 rings (SSSR count). The Hall–Kier alpha value is -1.27. The number of hydrogen-bond acceptors (Lipinski definition) is 3. The summed E-state index contributed by atoms with van der Waals surface area (Å²) < 4.78 is 5.58. The van der Waals surface area contributed by atoms with Crippen LogP contribution in [0.4, 0.5) is 0 Å². The first-order valence-corrected chi connectivity index (χ1v) is 10.0. The molecule has 1 aromatic carbocycles. The Kier molecular flexibility index (Phi) is 12.2. The van der Waals surface area contributed by atoms with E-state index in [4.69, 9.17) is 4.74 Å². The quantitative estimate of drug-likeness (QED) is 0.234. The largest absolute Gasteiger partial charge is 1.00 e. The molecule has 0 radical (unpaired) electrons. The molecule has 3 nitrogen and oxygen atoms in total. The third-order valence-corrected chi connectivity index (χ3v) is 4.79. The SMILES string of the molecule is CCCCCCCCCC/C=C/C=C/C1OC1c1ccccc1C(=O)[O-].[Li+]. The van der Waals surface area contributed by atoms with Gasteiger partial charge in [-0.1, -0.05) is 100 Å². The normalized spacial score (nSPS) is 18.7. The summed E-state index contributed by atoms with van der Waals surface area (Å²) in [5.74, 6) is -1.15. The van der Waals surface area contributed by atoms with Crippen LogP contribution in [-0.4, -0.2) is 12.1 Å². The molecule has 0 N–H and O–H groups in total. The van der Waals surface area contributed by atoms with Crippen LogP contribution in [0.5, 0.6) is 0 Å². The summed E-state index contributed by atoms with van der Waals surface area (Å²) in [5.41, 5.74) is 0.920. The molecule has 0 saturated carbocycles. The maximum Gasteiger partial charge on any atom is 1.00 e. The Labute approximate surface area is 176 Å². The number of ether oxygens (including phenoxy) is 1. The third-order valence-electron chi connectivity index (χ3n) is 4.79. The van der Waals surface area contributed by atoms with Crippen molar-refractivity contribution in [3.05, 3.63) is 59.7 Å². The Balaban J connectivity index is 0.00000364. The number of carbonyl (C=O) groups is 1. The van der Waals surface area contributed by atoms with E-state index in [0.717, 1.165) is 6.42 Å². The van der Waals surface area contributed by atoms with Gasteiger partial charge in [0.2, 0.25) is 0 Å². The van der Waals surface area contributed by atoms with E-state index in [1.807, 2.05) is 18.2 Å². The minimum Gasteiger partial charge on any atom is -0.545 e. The summed E-state index contributed by atoms with van der Waals surface area (Å²) in [5, 5.41) is 11.1. The number of allylic oxidation sites excluding steroid dienone is 3. The molecule has 1 saturated heterocycles. The summed E-state index contributed by atoms with van der Waals surface area (Å²) in [6.07, 6.45) is 19.9. The molecule has 1 aliphatic heterocycles. The van der Waals surface area contributed by atoms with Gasteiger partial charge in [-0.2, -0.15) is 0 Å². The molecule has 1 heterocycles. The summed E-state index contributed by atoms with van der Waals surface area (Å²) in [7, 11) is 0. The first-order chi connectivity index (χ1) is 12.7. The summed E-state index contributed by atoms with van der Waals surface area (Å²) >= 11 is 0. The standard InChI is InChI=1S/C23H32O3.Li/c1-2-3-4-5-6-7-8-9-10-11-12-13-18-21-22(26-21)19-16-14-15-17-20(19)23(24)25;/h11-18,21-22H,2-10H2,1H3,(H,24,25);/q;+1/p-1/b12-11+,18-13+;. The number of carbonyl (C=O) groups excluding carboxylic acids is 1. The minimum absolute atomic E-state index is 0. The van der Waals surface area contributed by atoms with Gasteiger partial charge < -0.3 is 14.6 Å². The van der Waals surface area contributed by atoms with Crippen molar-refractivity contribution in [3.63, 3.8) is 0 Å². The predicted octanol–water partition coefficient (Wildman–Crippen LogP) is 2.14. The summed E-state index contributed by atoms with van der Waals surface area (Å²) in [6, 6.07) is 6.89. The van der Waals surface area contributed by atoms with Gasteiger partial charge in [0, 0.05) is 5.56 Å². The van der Waals surface area contributed by atoms with Gasteiger partial charge in [-0.3, -0.25) is 0 Å². The van der Waals surface area contributed by atoms with Crippen LogP contribution in [0.3, 0.4) is 0 Å². The van der Waals surface area contributed by atoms with Crippen molar-refractivity contribution < 1.29 is 33.5 Å². The Bertz CT molecular complexity index is 609. The number of rotatable bonds is 13. The van der Waals surface area contributed by atoms with E-state index in [1.165, 1.54) is 51.4 Å². The van der Waals surface area contributed by atoms with Crippen LogP contribution in [0.15, 0.2) is 48.6 Å². The van der Waals surface area contributed by atoms with E-state index in [0.29, 0.717) is 5.56 Å². The molecule has 0 aromatic heterocycles. The second-order valence-electron chi connectivity index (χ2n) is 6.97. The molecular weight excluding hydrogens is 331 g/mol. The van der Waals surface area contributed by atoms with Crippen molar-refractivity contribution >= 4 is 5.97 Å². The zero-order valence-corrected chi connectivity index (χ0v) is 16.9. The van der Waals surface area contributed by atoms with E-state index in [-0.39, 0.29) is 36.6 Å². The van der Waals surface area contributed by atoms with Gasteiger partial charge in [0.1, 0.15) is 12.2 Å². The third kappa shape index (κ3) is 8.97. The Morgan fingerprint density at radius 2 is 1.70 bits per heavy atom. The monoisotopic (exact) mass is 362 g/mol. The summed E-state index contributed by atoms with van der Waals surface area (Å²) in [6.45, 7) is 2.25. The van der Waals surface area contributed by atoms with Crippen molar-refractivity contribution in [2.75, 3.05) is 0 Å². The van der Waals surface area contributed by atoms with Gasteiger partial charge in [0.05, 0.1) is 5.97 Å². The van der Waals surface area contributed by atoms with Crippen molar-refractivity contribution in [1.29, 1.82) is 0 Å². The molecule has 2 unspecified atom stereocenters. The average molecular weight is 362 g/mol. The molecule has 1 aromatic rings. The molecule has 1 aliphatic rings. The fraction of sp³-hybridized carbons (Fsp3) is 0.522.